The summed E-state index contributed by atoms with van der Waals surface area (Å²) in [4.78, 5) is 6.75. The van der Waals surface area contributed by atoms with Crippen LogP contribution in [-0.4, -0.2) is 17.0 Å². The predicted octanol–water partition coefficient (Wildman–Crippen LogP) is 0.805. The third-order valence-corrected chi connectivity index (χ3v) is 1.25. The van der Waals surface area contributed by atoms with Crippen molar-refractivity contribution in [2.24, 2.45) is 5.84 Å². The van der Waals surface area contributed by atoms with Gasteiger partial charge in [0.2, 0.25) is 5.95 Å². The Kier molecular flexibility index (Phi) is 2.37. The van der Waals surface area contributed by atoms with Crippen LogP contribution in [0.3, 0.4) is 0 Å². The first-order valence-corrected chi connectivity index (χ1v) is 3.30. The molecule has 2 N–H and O–H groups in total. The fraction of sp³-hybridized carbons (Fsp3) is 0.333. The Bertz CT molecular complexity index is 296. The van der Waals surface area contributed by atoms with Crippen molar-refractivity contribution in [3.8, 4) is 0 Å². The van der Waals surface area contributed by atoms with Gasteiger partial charge in [0.1, 0.15) is 5.69 Å². The molecule has 0 fully saturated rings. The summed E-state index contributed by atoms with van der Waals surface area (Å²) in [5.41, 5.74) is -1.00. The van der Waals surface area contributed by atoms with Crippen LogP contribution in [0, 0.1) is 0 Å². The van der Waals surface area contributed by atoms with E-state index in [4.69, 9.17) is 5.84 Å². The summed E-state index contributed by atoms with van der Waals surface area (Å²) in [5.74, 6) is 5.00. The maximum absolute atomic E-state index is 12.1. The van der Waals surface area contributed by atoms with E-state index in [1.807, 2.05) is 0 Å². The van der Waals surface area contributed by atoms with Gasteiger partial charge in [-0.25, -0.2) is 15.8 Å². The first-order valence-electron chi connectivity index (χ1n) is 3.30. The van der Waals surface area contributed by atoms with Crippen LogP contribution in [0.15, 0.2) is 12.3 Å². The van der Waals surface area contributed by atoms with Crippen molar-refractivity contribution in [2.75, 3.05) is 12.1 Å². The third-order valence-electron chi connectivity index (χ3n) is 1.25. The lowest BCUT2D eigenvalue weighted by Gasteiger charge is -2.11. The van der Waals surface area contributed by atoms with E-state index in [0.717, 1.165) is 17.3 Å². The van der Waals surface area contributed by atoms with Gasteiger partial charge in [-0.05, 0) is 6.07 Å². The molecule has 4 nitrogen and oxygen atoms in total. The molecule has 0 aliphatic heterocycles. The summed E-state index contributed by atoms with van der Waals surface area (Å²) in [7, 11) is 1.36. The Morgan fingerprint density at radius 1 is 1.46 bits per heavy atom. The molecule has 13 heavy (non-hydrogen) atoms. The van der Waals surface area contributed by atoms with Gasteiger partial charge in [-0.3, -0.25) is 5.01 Å². The lowest BCUT2D eigenvalue weighted by atomic mass is 10.4. The second-order valence-electron chi connectivity index (χ2n) is 2.35. The lowest BCUT2D eigenvalue weighted by molar-refractivity contribution is -0.141. The largest absolute Gasteiger partial charge is 0.433 e. The van der Waals surface area contributed by atoms with E-state index >= 15 is 0 Å². The Morgan fingerprint density at radius 2 is 2.08 bits per heavy atom. The maximum Gasteiger partial charge on any atom is 0.433 e. The second-order valence-corrected chi connectivity index (χ2v) is 2.35. The molecular formula is C6H7F3N4. The predicted molar refractivity (Wildman–Crippen MR) is 39.6 cm³/mol. The van der Waals surface area contributed by atoms with Crippen LogP contribution in [0.2, 0.25) is 0 Å². The molecule has 0 aliphatic rings. The average molecular weight is 192 g/mol. The fourth-order valence-corrected chi connectivity index (χ4v) is 0.676. The number of nitrogens with two attached hydrogens (primary N) is 1. The topological polar surface area (TPSA) is 55.0 Å². The Hall–Kier alpha value is -1.37. The van der Waals surface area contributed by atoms with Gasteiger partial charge in [-0.1, -0.05) is 0 Å². The molecule has 0 bridgehead atoms. The highest BCUT2D eigenvalue weighted by molar-refractivity contribution is 5.26. The van der Waals surface area contributed by atoms with E-state index in [9.17, 15) is 13.2 Å². The highest BCUT2D eigenvalue weighted by atomic mass is 19.4. The summed E-state index contributed by atoms with van der Waals surface area (Å²) in [6.07, 6.45) is -3.46. The summed E-state index contributed by atoms with van der Waals surface area (Å²) in [6, 6.07) is 0.785. The van der Waals surface area contributed by atoms with Gasteiger partial charge in [0, 0.05) is 13.2 Å². The van der Waals surface area contributed by atoms with Crippen LogP contribution in [0.1, 0.15) is 5.69 Å². The maximum atomic E-state index is 12.1. The number of hydrogen-bond acceptors (Lipinski definition) is 4. The molecule has 0 amide bonds. The van der Waals surface area contributed by atoms with E-state index < -0.39 is 11.9 Å². The molecule has 0 saturated heterocycles. The van der Waals surface area contributed by atoms with Crippen molar-refractivity contribution < 1.29 is 13.2 Å². The van der Waals surface area contributed by atoms with Crippen LogP contribution in [0.4, 0.5) is 19.1 Å². The summed E-state index contributed by atoms with van der Waals surface area (Å²) in [6.45, 7) is 0. The monoisotopic (exact) mass is 192 g/mol. The fourth-order valence-electron chi connectivity index (χ4n) is 0.676. The zero-order valence-corrected chi connectivity index (χ0v) is 6.71. The molecule has 7 heteroatoms. The van der Waals surface area contributed by atoms with Crippen molar-refractivity contribution in [3.63, 3.8) is 0 Å². The molecule has 0 unspecified atom stereocenters. The van der Waals surface area contributed by atoms with Gasteiger partial charge in [0.05, 0.1) is 0 Å². The van der Waals surface area contributed by atoms with Gasteiger partial charge < -0.3 is 0 Å². The molecular weight excluding hydrogens is 185 g/mol. The minimum absolute atomic E-state index is 0.171. The van der Waals surface area contributed by atoms with E-state index in [1.165, 1.54) is 7.05 Å². The number of anilines is 1. The van der Waals surface area contributed by atoms with Crippen molar-refractivity contribution in [2.45, 2.75) is 6.18 Å². The molecule has 0 aromatic carbocycles. The SMILES string of the molecule is CN(N)c1nccc(C(F)(F)F)n1. The molecule has 1 rings (SSSR count). The lowest BCUT2D eigenvalue weighted by Crippen LogP contribution is -2.28. The van der Waals surface area contributed by atoms with Crippen molar-refractivity contribution in [1.82, 2.24) is 9.97 Å². The van der Waals surface area contributed by atoms with Gasteiger partial charge in [-0.15, -0.1) is 0 Å². The molecule has 1 heterocycles. The summed E-state index contributed by atoms with van der Waals surface area (Å²) < 4.78 is 36.2. The minimum Gasteiger partial charge on any atom is -0.282 e. The van der Waals surface area contributed by atoms with E-state index in [-0.39, 0.29) is 5.95 Å². The smallest absolute Gasteiger partial charge is 0.282 e. The molecule has 0 aliphatic carbocycles. The highest BCUT2D eigenvalue weighted by Crippen LogP contribution is 2.27. The molecule has 72 valence electrons. The van der Waals surface area contributed by atoms with Crippen LogP contribution in [-0.2, 0) is 6.18 Å². The summed E-state index contributed by atoms with van der Waals surface area (Å²) >= 11 is 0. The standard InChI is InChI=1S/C6H7F3N4/c1-13(10)5-11-3-2-4(12-5)6(7,8)9/h2-3H,10H2,1H3. The molecule has 0 spiro atoms. The Labute approximate surface area is 72.2 Å². The molecule has 0 saturated carbocycles. The second kappa shape index (κ2) is 3.17. The quantitative estimate of drug-likeness (QED) is 0.528. The Morgan fingerprint density at radius 3 is 2.54 bits per heavy atom. The van der Waals surface area contributed by atoms with Crippen LogP contribution >= 0.6 is 0 Å². The van der Waals surface area contributed by atoms with Crippen LogP contribution < -0.4 is 10.9 Å². The number of hydrogen-bond donors (Lipinski definition) is 1. The molecule has 0 atom stereocenters. The molecule has 1 aromatic rings. The van der Waals surface area contributed by atoms with Gasteiger partial charge in [0.25, 0.3) is 0 Å². The van der Waals surface area contributed by atoms with Gasteiger partial charge in [-0.2, -0.15) is 13.2 Å². The first-order chi connectivity index (χ1) is 5.91. The zero-order chi connectivity index (χ0) is 10.1. The van der Waals surface area contributed by atoms with Crippen LogP contribution in [0.25, 0.3) is 0 Å². The number of nitrogens with zero attached hydrogens (tertiary/aromatic N) is 3. The van der Waals surface area contributed by atoms with Crippen molar-refractivity contribution in [1.29, 1.82) is 0 Å². The van der Waals surface area contributed by atoms with Crippen LogP contribution in [0.5, 0.6) is 0 Å². The highest BCUT2D eigenvalue weighted by Gasteiger charge is 2.32. The first kappa shape index (κ1) is 9.72. The Balaban J connectivity index is 3.06. The number of hydrazine groups is 1. The normalized spacial score (nSPS) is 11.5. The minimum atomic E-state index is -4.46. The zero-order valence-electron chi connectivity index (χ0n) is 6.71. The molecule has 0 radical (unpaired) electrons. The van der Waals surface area contributed by atoms with Crippen molar-refractivity contribution >= 4 is 5.95 Å². The van der Waals surface area contributed by atoms with E-state index in [1.54, 1.807) is 0 Å². The number of halogens is 3. The number of alkyl halides is 3. The van der Waals surface area contributed by atoms with Crippen molar-refractivity contribution in [3.05, 3.63) is 18.0 Å². The average Bonchev–Trinajstić information content (AvgIpc) is 2.03. The molecule has 1 aromatic heterocycles. The van der Waals surface area contributed by atoms with Gasteiger partial charge in [0.15, 0.2) is 0 Å². The number of rotatable bonds is 1. The van der Waals surface area contributed by atoms with Gasteiger partial charge >= 0.3 is 6.18 Å². The third kappa shape index (κ3) is 2.28. The summed E-state index contributed by atoms with van der Waals surface area (Å²) in [5, 5.41) is 0.912. The number of aromatic nitrogens is 2. The van der Waals surface area contributed by atoms with E-state index in [2.05, 4.69) is 9.97 Å². The van der Waals surface area contributed by atoms with E-state index in [0.29, 0.717) is 0 Å².